The van der Waals surface area contributed by atoms with E-state index in [1.165, 1.54) is 0 Å². The number of allylic oxidation sites excluding steroid dienone is 1. The monoisotopic (exact) mass is 232 g/mol. The summed E-state index contributed by atoms with van der Waals surface area (Å²) in [6.45, 7) is 0.708. The highest BCUT2D eigenvalue weighted by atomic mass is 16.5. The first-order valence-corrected chi connectivity index (χ1v) is 5.38. The average molecular weight is 232 g/mol. The van der Waals surface area contributed by atoms with Crippen molar-refractivity contribution in [3.05, 3.63) is 41.5 Å². The molecule has 4 heteroatoms. The number of hydrogen-bond acceptors (Lipinski definition) is 3. The standard InChI is InChI=1S/C13H12O4/c14-11(4-6-13(15)16)9-3-5-12-10(8-9)2-1-7-17-12/h3-6,8H,1-2,7H2,(H,15,16). The number of hydrogen-bond donors (Lipinski definition) is 1. The van der Waals surface area contributed by atoms with Gasteiger partial charge in [-0.25, -0.2) is 4.79 Å². The highest BCUT2D eigenvalue weighted by molar-refractivity contribution is 6.07. The van der Waals surface area contributed by atoms with Crippen molar-refractivity contribution in [3.8, 4) is 5.75 Å². The molecule has 17 heavy (non-hydrogen) atoms. The fourth-order valence-corrected chi connectivity index (χ4v) is 1.76. The van der Waals surface area contributed by atoms with E-state index in [4.69, 9.17) is 9.84 Å². The number of benzene rings is 1. The SMILES string of the molecule is O=C(O)C=CC(=O)c1ccc2c(c1)CCCO2. The molecule has 0 amide bonds. The molecule has 1 aromatic rings. The Morgan fingerprint density at radius 3 is 2.88 bits per heavy atom. The van der Waals surface area contributed by atoms with Crippen molar-refractivity contribution < 1.29 is 19.4 Å². The maximum absolute atomic E-state index is 11.6. The van der Waals surface area contributed by atoms with Crippen LogP contribution in [0.15, 0.2) is 30.4 Å². The fourth-order valence-electron chi connectivity index (χ4n) is 1.76. The molecule has 1 aliphatic rings. The van der Waals surface area contributed by atoms with Gasteiger partial charge in [0.1, 0.15) is 5.75 Å². The van der Waals surface area contributed by atoms with Crippen molar-refractivity contribution in [1.82, 2.24) is 0 Å². The topological polar surface area (TPSA) is 63.6 Å². The van der Waals surface area contributed by atoms with Gasteiger partial charge in [0.15, 0.2) is 5.78 Å². The molecule has 0 radical (unpaired) electrons. The van der Waals surface area contributed by atoms with Crippen LogP contribution < -0.4 is 4.74 Å². The first kappa shape index (κ1) is 11.4. The van der Waals surface area contributed by atoms with Crippen LogP contribution in [-0.2, 0) is 11.2 Å². The summed E-state index contributed by atoms with van der Waals surface area (Å²) in [5.41, 5.74) is 1.50. The van der Waals surface area contributed by atoms with Crippen LogP contribution in [0.4, 0.5) is 0 Å². The van der Waals surface area contributed by atoms with Crippen molar-refractivity contribution in [3.63, 3.8) is 0 Å². The molecule has 0 aromatic heterocycles. The summed E-state index contributed by atoms with van der Waals surface area (Å²) >= 11 is 0. The molecule has 1 heterocycles. The van der Waals surface area contributed by atoms with E-state index in [2.05, 4.69) is 0 Å². The van der Waals surface area contributed by atoms with E-state index in [0.717, 1.165) is 36.3 Å². The van der Waals surface area contributed by atoms with Gasteiger partial charge in [-0.2, -0.15) is 0 Å². The number of aryl methyl sites for hydroxylation is 1. The van der Waals surface area contributed by atoms with E-state index in [1.807, 2.05) is 0 Å². The van der Waals surface area contributed by atoms with E-state index >= 15 is 0 Å². The minimum Gasteiger partial charge on any atom is -0.493 e. The lowest BCUT2D eigenvalue weighted by atomic mass is 10.0. The zero-order valence-electron chi connectivity index (χ0n) is 9.18. The molecular formula is C13H12O4. The van der Waals surface area contributed by atoms with Crippen LogP contribution in [0.5, 0.6) is 5.75 Å². The number of fused-ring (bicyclic) bond motifs is 1. The van der Waals surface area contributed by atoms with E-state index in [-0.39, 0.29) is 5.78 Å². The summed E-state index contributed by atoms with van der Waals surface area (Å²) in [4.78, 5) is 22.0. The minimum absolute atomic E-state index is 0.305. The van der Waals surface area contributed by atoms with Crippen molar-refractivity contribution in [2.45, 2.75) is 12.8 Å². The largest absolute Gasteiger partial charge is 0.493 e. The van der Waals surface area contributed by atoms with Crippen molar-refractivity contribution in [2.75, 3.05) is 6.61 Å². The maximum atomic E-state index is 11.6. The molecule has 0 spiro atoms. The first-order chi connectivity index (χ1) is 8.16. The van der Waals surface area contributed by atoms with Crippen LogP contribution in [0, 0.1) is 0 Å². The molecule has 1 aromatic carbocycles. The second kappa shape index (κ2) is 4.82. The number of carbonyl (C=O) groups excluding carboxylic acids is 1. The van der Waals surface area contributed by atoms with Crippen molar-refractivity contribution in [1.29, 1.82) is 0 Å². The maximum Gasteiger partial charge on any atom is 0.328 e. The summed E-state index contributed by atoms with van der Waals surface area (Å²) < 4.78 is 5.43. The van der Waals surface area contributed by atoms with Crippen LogP contribution in [0.2, 0.25) is 0 Å². The number of ketones is 1. The molecule has 0 atom stereocenters. The Labute approximate surface area is 98.5 Å². The summed E-state index contributed by atoms with van der Waals surface area (Å²) in [5.74, 6) is -0.615. The zero-order chi connectivity index (χ0) is 12.3. The quantitative estimate of drug-likeness (QED) is 0.638. The Kier molecular flexibility index (Phi) is 3.23. The van der Waals surface area contributed by atoms with E-state index in [0.29, 0.717) is 12.2 Å². The fraction of sp³-hybridized carbons (Fsp3) is 0.231. The van der Waals surface area contributed by atoms with Crippen LogP contribution in [0.3, 0.4) is 0 Å². The lowest BCUT2D eigenvalue weighted by Gasteiger charge is -2.17. The third-order valence-electron chi connectivity index (χ3n) is 2.57. The third-order valence-corrected chi connectivity index (χ3v) is 2.57. The molecule has 4 nitrogen and oxygen atoms in total. The minimum atomic E-state index is -1.13. The normalized spacial score (nSPS) is 14.1. The molecular weight excluding hydrogens is 220 g/mol. The smallest absolute Gasteiger partial charge is 0.328 e. The summed E-state index contributed by atoms with van der Waals surface area (Å²) in [7, 11) is 0. The Morgan fingerprint density at radius 2 is 2.12 bits per heavy atom. The second-order valence-corrected chi connectivity index (χ2v) is 3.81. The van der Waals surface area contributed by atoms with Crippen LogP contribution in [0.25, 0.3) is 0 Å². The molecule has 0 bridgehead atoms. The van der Waals surface area contributed by atoms with E-state index in [1.54, 1.807) is 18.2 Å². The van der Waals surface area contributed by atoms with Gasteiger partial charge in [-0.05, 0) is 42.7 Å². The Balaban J connectivity index is 2.22. The van der Waals surface area contributed by atoms with Gasteiger partial charge < -0.3 is 9.84 Å². The van der Waals surface area contributed by atoms with Gasteiger partial charge in [-0.3, -0.25) is 4.79 Å². The van der Waals surface area contributed by atoms with E-state index < -0.39 is 5.97 Å². The lowest BCUT2D eigenvalue weighted by molar-refractivity contribution is -0.131. The van der Waals surface area contributed by atoms with Crippen LogP contribution in [0.1, 0.15) is 22.3 Å². The van der Waals surface area contributed by atoms with Gasteiger partial charge in [-0.1, -0.05) is 0 Å². The molecule has 0 aliphatic carbocycles. The Hall–Kier alpha value is -2.10. The van der Waals surface area contributed by atoms with Gasteiger partial charge in [0.2, 0.25) is 0 Å². The summed E-state index contributed by atoms with van der Waals surface area (Å²) in [5, 5.41) is 8.44. The molecule has 0 unspecified atom stereocenters. The zero-order valence-corrected chi connectivity index (χ0v) is 9.18. The van der Waals surface area contributed by atoms with Gasteiger partial charge in [-0.15, -0.1) is 0 Å². The second-order valence-electron chi connectivity index (χ2n) is 3.81. The van der Waals surface area contributed by atoms with Gasteiger partial charge in [0, 0.05) is 11.6 Å². The van der Waals surface area contributed by atoms with Gasteiger partial charge >= 0.3 is 5.97 Å². The number of carbonyl (C=O) groups is 2. The van der Waals surface area contributed by atoms with Gasteiger partial charge in [0.05, 0.1) is 6.61 Å². The average Bonchev–Trinajstić information content (AvgIpc) is 2.35. The number of ether oxygens (including phenoxy) is 1. The third kappa shape index (κ3) is 2.72. The predicted molar refractivity (Wildman–Crippen MR) is 61.4 cm³/mol. The van der Waals surface area contributed by atoms with Gasteiger partial charge in [0.25, 0.3) is 0 Å². The number of carboxylic acid groups (broad SMARTS) is 1. The number of aliphatic carboxylic acids is 1. The highest BCUT2D eigenvalue weighted by Gasteiger charge is 2.12. The molecule has 0 saturated heterocycles. The van der Waals surface area contributed by atoms with Crippen molar-refractivity contribution in [2.24, 2.45) is 0 Å². The number of rotatable bonds is 3. The summed E-state index contributed by atoms with van der Waals surface area (Å²) in [6, 6.07) is 5.18. The molecule has 2 rings (SSSR count). The lowest BCUT2D eigenvalue weighted by Crippen LogP contribution is -2.09. The predicted octanol–water partition coefficient (Wildman–Crippen LogP) is 1.84. The Morgan fingerprint density at radius 1 is 1.29 bits per heavy atom. The van der Waals surface area contributed by atoms with Crippen molar-refractivity contribution >= 4 is 11.8 Å². The molecule has 0 fully saturated rings. The molecule has 1 aliphatic heterocycles. The number of carboxylic acids is 1. The molecule has 1 N–H and O–H groups in total. The first-order valence-electron chi connectivity index (χ1n) is 5.38. The summed E-state index contributed by atoms with van der Waals surface area (Å²) in [6.07, 6.45) is 3.74. The molecule has 88 valence electrons. The molecule has 0 saturated carbocycles. The van der Waals surface area contributed by atoms with Crippen LogP contribution >= 0.6 is 0 Å². The Bertz CT molecular complexity index is 488. The van der Waals surface area contributed by atoms with E-state index in [9.17, 15) is 9.59 Å². The highest BCUT2D eigenvalue weighted by Crippen LogP contribution is 2.25. The van der Waals surface area contributed by atoms with Crippen LogP contribution in [-0.4, -0.2) is 23.5 Å².